The zero-order valence-electron chi connectivity index (χ0n) is 17.8. The van der Waals surface area contributed by atoms with Crippen LogP contribution < -0.4 is 4.74 Å². The number of fused-ring (bicyclic) bond motifs is 1. The highest BCUT2D eigenvalue weighted by atomic mass is 16.5. The molecule has 6 nitrogen and oxygen atoms in total. The van der Waals surface area contributed by atoms with E-state index in [1.807, 2.05) is 40.0 Å². The van der Waals surface area contributed by atoms with E-state index >= 15 is 0 Å². The van der Waals surface area contributed by atoms with Crippen LogP contribution in [0.5, 0.6) is 5.75 Å². The van der Waals surface area contributed by atoms with Gasteiger partial charge in [0.05, 0.1) is 30.3 Å². The van der Waals surface area contributed by atoms with Crippen molar-refractivity contribution in [1.82, 2.24) is 19.7 Å². The quantitative estimate of drug-likeness (QED) is 0.608. The van der Waals surface area contributed by atoms with Crippen molar-refractivity contribution in [1.29, 1.82) is 0 Å². The number of carbonyl (C=O) groups is 1. The molecule has 1 aliphatic heterocycles. The molecule has 3 aromatic rings. The first-order chi connectivity index (χ1) is 14.6. The Kier molecular flexibility index (Phi) is 4.72. The van der Waals surface area contributed by atoms with Gasteiger partial charge < -0.3 is 9.64 Å². The Balaban J connectivity index is 1.56. The summed E-state index contributed by atoms with van der Waals surface area (Å²) in [5.74, 6) is 1.38. The molecule has 1 saturated heterocycles. The van der Waals surface area contributed by atoms with Gasteiger partial charge in [-0.05, 0) is 63.3 Å². The number of hydrogen-bond donors (Lipinski definition) is 0. The van der Waals surface area contributed by atoms with Gasteiger partial charge in [-0.25, -0.2) is 9.67 Å². The molecular weight excluding hydrogens is 376 g/mol. The summed E-state index contributed by atoms with van der Waals surface area (Å²) in [5.41, 5.74) is 3.73. The van der Waals surface area contributed by atoms with Crippen LogP contribution in [0.1, 0.15) is 79.1 Å². The first-order valence-electron chi connectivity index (χ1n) is 10.9. The molecular formula is C24H28N4O2. The average molecular weight is 405 g/mol. The molecule has 2 aliphatic rings. The Hall–Kier alpha value is -2.89. The first-order valence-corrected chi connectivity index (χ1v) is 10.9. The molecule has 1 amide bonds. The van der Waals surface area contributed by atoms with E-state index in [9.17, 15) is 4.79 Å². The number of aromatic nitrogens is 3. The Morgan fingerprint density at radius 2 is 2.03 bits per heavy atom. The number of methoxy groups -OCH3 is 1. The summed E-state index contributed by atoms with van der Waals surface area (Å²) >= 11 is 0. The van der Waals surface area contributed by atoms with Crippen LogP contribution in [0, 0.1) is 0 Å². The minimum absolute atomic E-state index is 0.0698. The zero-order valence-corrected chi connectivity index (χ0v) is 17.8. The molecule has 0 N–H and O–H groups in total. The van der Waals surface area contributed by atoms with Gasteiger partial charge in [0.15, 0.2) is 5.65 Å². The van der Waals surface area contributed by atoms with E-state index in [2.05, 4.69) is 25.0 Å². The molecule has 1 saturated carbocycles. The second-order valence-electron chi connectivity index (χ2n) is 8.72. The number of hydrogen-bond acceptors (Lipinski definition) is 4. The fraction of sp³-hybridized carbons (Fsp3) is 0.458. The van der Waals surface area contributed by atoms with Crippen molar-refractivity contribution in [3.63, 3.8) is 0 Å². The van der Waals surface area contributed by atoms with Gasteiger partial charge in [0, 0.05) is 24.2 Å². The predicted octanol–water partition coefficient (Wildman–Crippen LogP) is 4.88. The lowest BCUT2D eigenvalue weighted by Crippen LogP contribution is -2.31. The van der Waals surface area contributed by atoms with E-state index in [-0.39, 0.29) is 18.0 Å². The molecule has 0 radical (unpaired) electrons. The van der Waals surface area contributed by atoms with Crippen LogP contribution >= 0.6 is 0 Å². The van der Waals surface area contributed by atoms with Crippen LogP contribution in [0.15, 0.2) is 36.5 Å². The van der Waals surface area contributed by atoms with Gasteiger partial charge in [-0.1, -0.05) is 12.1 Å². The zero-order chi connectivity index (χ0) is 20.8. The van der Waals surface area contributed by atoms with Crippen molar-refractivity contribution in [3.8, 4) is 5.75 Å². The first kappa shape index (κ1) is 19.1. The normalized spacial score (nSPS) is 19.1. The molecule has 6 heteroatoms. The maximum absolute atomic E-state index is 13.8. The third-order valence-corrected chi connectivity index (χ3v) is 6.29. The van der Waals surface area contributed by atoms with E-state index in [1.54, 1.807) is 7.11 Å². The highest BCUT2D eigenvalue weighted by Gasteiger charge is 2.34. The summed E-state index contributed by atoms with van der Waals surface area (Å²) in [5, 5.41) is 5.41. The van der Waals surface area contributed by atoms with Crippen molar-refractivity contribution < 1.29 is 9.53 Å². The third kappa shape index (κ3) is 3.24. The fourth-order valence-electron chi connectivity index (χ4n) is 4.54. The number of amides is 1. The second-order valence-corrected chi connectivity index (χ2v) is 8.72. The Morgan fingerprint density at radius 1 is 1.20 bits per heavy atom. The van der Waals surface area contributed by atoms with E-state index in [0.717, 1.165) is 65.8 Å². The van der Waals surface area contributed by atoms with Crippen LogP contribution in [0.3, 0.4) is 0 Å². The summed E-state index contributed by atoms with van der Waals surface area (Å²) in [7, 11) is 1.68. The summed E-state index contributed by atoms with van der Waals surface area (Å²) in [6.45, 7) is 4.96. The highest BCUT2D eigenvalue weighted by Crippen LogP contribution is 2.41. The standard InChI is InChI=1S/C24H28N4O2/c1-15(2)28-23-20(14-25-28)19(13-21(26-23)16-9-10-16)24(29)27-11-5-8-22(27)17-6-4-7-18(12-17)30-3/h4,6-7,12-16,22H,5,8-11H2,1-3H3. The molecule has 5 rings (SSSR count). The van der Waals surface area contributed by atoms with Gasteiger partial charge in [0.2, 0.25) is 0 Å². The lowest BCUT2D eigenvalue weighted by molar-refractivity contribution is 0.0737. The molecule has 30 heavy (non-hydrogen) atoms. The molecule has 1 aromatic carbocycles. The molecule has 1 unspecified atom stereocenters. The molecule has 1 aliphatic carbocycles. The number of ether oxygens (including phenoxy) is 1. The predicted molar refractivity (Wildman–Crippen MR) is 116 cm³/mol. The Bertz CT molecular complexity index is 1100. The number of rotatable bonds is 5. The largest absolute Gasteiger partial charge is 0.497 e. The number of benzene rings is 1. The van der Waals surface area contributed by atoms with E-state index < -0.39 is 0 Å². The third-order valence-electron chi connectivity index (χ3n) is 6.29. The molecule has 1 atom stereocenters. The Morgan fingerprint density at radius 3 is 2.77 bits per heavy atom. The van der Waals surface area contributed by atoms with Gasteiger partial charge in [-0.3, -0.25) is 4.79 Å². The minimum Gasteiger partial charge on any atom is -0.497 e. The summed E-state index contributed by atoms with van der Waals surface area (Å²) < 4.78 is 7.34. The number of carbonyl (C=O) groups excluding carboxylic acids is 1. The van der Waals surface area contributed by atoms with Crippen LogP contribution in [-0.2, 0) is 0 Å². The molecule has 156 valence electrons. The summed E-state index contributed by atoms with van der Waals surface area (Å²) in [6, 6.07) is 10.4. The second kappa shape index (κ2) is 7.42. The average Bonchev–Trinajstić information content (AvgIpc) is 3.33. The van der Waals surface area contributed by atoms with Crippen LogP contribution in [-0.4, -0.2) is 39.2 Å². The molecule has 2 fully saturated rings. The van der Waals surface area contributed by atoms with E-state index in [0.29, 0.717) is 5.92 Å². The topological polar surface area (TPSA) is 60.2 Å². The number of likely N-dealkylation sites (tertiary alicyclic amines) is 1. The van der Waals surface area contributed by atoms with Crippen LogP contribution in [0.25, 0.3) is 11.0 Å². The smallest absolute Gasteiger partial charge is 0.255 e. The van der Waals surface area contributed by atoms with Crippen LogP contribution in [0.2, 0.25) is 0 Å². The lowest BCUT2D eigenvalue weighted by atomic mass is 10.0. The minimum atomic E-state index is 0.0698. The van der Waals surface area contributed by atoms with Crippen molar-refractivity contribution in [2.45, 2.75) is 57.5 Å². The maximum Gasteiger partial charge on any atom is 0.255 e. The highest BCUT2D eigenvalue weighted by molar-refractivity contribution is 6.05. The van der Waals surface area contributed by atoms with Crippen molar-refractivity contribution >= 4 is 16.9 Å². The van der Waals surface area contributed by atoms with Gasteiger partial charge in [0.1, 0.15) is 5.75 Å². The van der Waals surface area contributed by atoms with Crippen molar-refractivity contribution in [2.24, 2.45) is 0 Å². The van der Waals surface area contributed by atoms with Gasteiger partial charge >= 0.3 is 0 Å². The van der Waals surface area contributed by atoms with Crippen molar-refractivity contribution in [3.05, 3.63) is 53.3 Å². The maximum atomic E-state index is 13.8. The number of nitrogens with zero attached hydrogens (tertiary/aromatic N) is 4. The Labute approximate surface area is 176 Å². The van der Waals surface area contributed by atoms with E-state index in [1.165, 1.54) is 0 Å². The SMILES string of the molecule is COc1cccc(C2CCCN2C(=O)c2cc(C3CC3)nc3c2cnn3C(C)C)c1. The van der Waals surface area contributed by atoms with E-state index in [4.69, 9.17) is 9.72 Å². The fourth-order valence-corrected chi connectivity index (χ4v) is 4.54. The van der Waals surface area contributed by atoms with Gasteiger partial charge in [-0.15, -0.1) is 0 Å². The molecule has 3 heterocycles. The molecule has 2 aromatic heterocycles. The molecule has 0 spiro atoms. The van der Waals surface area contributed by atoms with Gasteiger partial charge in [-0.2, -0.15) is 5.10 Å². The van der Waals surface area contributed by atoms with Gasteiger partial charge in [0.25, 0.3) is 5.91 Å². The molecule has 0 bridgehead atoms. The number of pyridine rings is 1. The summed E-state index contributed by atoms with van der Waals surface area (Å²) in [4.78, 5) is 20.7. The lowest BCUT2D eigenvalue weighted by Gasteiger charge is -2.26. The summed E-state index contributed by atoms with van der Waals surface area (Å²) in [6.07, 6.45) is 6.08. The van der Waals surface area contributed by atoms with Crippen LogP contribution in [0.4, 0.5) is 0 Å². The van der Waals surface area contributed by atoms with Crippen molar-refractivity contribution in [2.75, 3.05) is 13.7 Å². The monoisotopic (exact) mass is 404 g/mol.